The minimum atomic E-state index is -0.878. The zero-order valence-corrected chi connectivity index (χ0v) is 9.42. The molecule has 2 N–H and O–H groups in total. The first-order chi connectivity index (χ1) is 7.15. The molecule has 0 saturated carbocycles. The summed E-state index contributed by atoms with van der Waals surface area (Å²) in [5.74, 6) is -0.878. The number of aromatic carboxylic acids is 1. The maximum Gasteiger partial charge on any atom is 0.337 e. The van der Waals surface area contributed by atoms with Crippen molar-refractivity contribution in [2.75, 3.05) is 12.4 Å². The highest BCUT2D eigenvalue weighted by atomic mass is 16.4. The Morgan fingerprint density at radius 3 is 2.40 bits per heavy atom. The highest BCUT2D eigenvalue weighted by Crippen LogP contribution is 2.25. The Bertz CT molecular complexity index is 372. The molecule has 0 aliphatic rings. The second-order valence-corrected chi connectivity index (χ2v) is 3.39. The number of anilines is 1. The average molecular weight is 207 g/mol. The number of hydrogen-bond acceptors (Lipinski definition) is 2. The molecule has 0 bridgehead atoms. The van der Waals surface area contributed by atoms with Gasteiger partial charge in [0.05, 0.1) is 11.3 Å². The van der Waals surface area contributed by atoms with Crippen molar-refractivity contribution in [1.82, 2.24) is 0 Å². The van der Waals surface area contributed by atoms with Gasteiger partial charge in [0.2, 0.25) is 0 Å². The molecule has 0 heterocycles. The summed E-state index contributed by atoms with van der Waals surface area (Å²) in [4.78, 5) is 11.0. The fraction of sp³-hybridized carbons (Fsp3) is 0.417. The van der Waals surface area contributed by atoms with Gasteiger partial charge >= 0.3 is 5.97 Å². The van der Waals surface area contributed by atoms with Crippen LogP contribution >= 0.6 is 0 Å². The molecule has 1 aromatic carbocycles. The number of benzene rings is 1. The Morgan fingerprint density at radius 1 is 1.33 bits per heavy atom. The molecule has 3 nitrogen and oxygen atoms in total. The fourth-order valence-corrected chi connectivity index (χ4v) is 1.89. The first-order valence-corrected chi connectivity index (χ1v) is 5.21. The normalized spacial score (nSPS) is 10.1. The summed E-state index contributed by atoms with van der Waals surface area (Å²) in [6, 6.07) is 3.58. The Morgan fingerprint density at radius 2 is 2.00 bits per heavy atom. The van der Waals surface area contributed by atoms with Crippen molar-refractivity contribution in [2.24, 2.45) is 0 Å². The van der Waals surface area contributed by atoms with Crippen molar-refractivity contribution in [3.05, 3.63) is 28.8 Å². The van der Waals surface area contributed by atoms with E-state index in [9.17, 15) is 4.79 Å². The lowest BCUT2D eigenvalue weighted by Crippen LogP contribution is -2.07. The molecule has 0 saturated heterocycles. The minimum Gasteiger partial charge on any atom is -0.478 e. The van der Waals surface area contributed by atoms with E-state index in [0.29, 0.717) is 5.56 Å². The highest BCUT2D eigenvalue weighted by molar-refractivity contribution is 5.95. The third-order valence-electron chi connectivity index (χ3n) is 2.62. The summed E-state index contributed by atoms with van der Waals surface area (Å²) in [5, 5.41) is 12.0. The van der Waals surface area contributed by atoms with Gasteiger partial charge in [-0.15, -0.1) is 0 Å². The molecule has 0 aromatic heterocycles. The van der Waals surface area contributed by atoms with Crippen molar-refractivity contribution in [3.8, 4) is 0 Å². The van der Waals surface area contributed by atoms with E-state index >= 15 is 0 Å². The molecule has 1 aromatic rings. The molecule has 0 atom stereocenters. The number of nitrogens with one attached hydrogen (secondary N) is 1. The first kappa shape index (κ1) is 11.6. The number of hydrogen-bond donors (Lipinski definition) is 2. The van der Waals surface area contributed by atoms with E-state index in [-0.39, 0.29) is 0 Å². The van der Waals surface area contributed by atoms with Crippen LogP contribution in [0.15, 0.2) is 12.1 Å². The quantitative estimate of drug-likeness (QED) is 0.797. The fourth-order valence-electron chi connectivity index (χ4n) is 1.89. The van der Waals surface area contributed by atoms with Gasteiger partial charge in [0.1, 0.15) is 0 Å². The number of rotatable bonds is 4. The van der Waals surface area contributed by atoms with Crippen molar-refractivity contribution in [1.29, 1.82) is 0 Å². The van der Waals surface area contributed by atoms with Crippen molar-refractivity contribution in [2.45, 2.75) is 26.7 Å². The maximum atomic E-state index is 11.0. The predicted octanol–water partition coefficient (Wildman–Crippen LogP) is 2.55. The Balaban J connectivity index is 3.40. The molecule has 0 spiro atoms. The zero-order chi connectivity index (χ0) is 11.4. The second-order valence-electron chi connectivity index (χ2n) is 3.39. The molecule has 0 unspecified atom stereocenters. The van der Waals surface area contributed by atoms with E-state index in [1.54, 1.807) is 13.1 Å². The van der Waals surface area contributed by atoms with Gasteiger partial charge in [-0.25, -0.2) is 4.79 Å². The summed E-state index contributed by atoms with van der Waals surface area (Å²) >= 11 is 0. The van der Waals surface area contributed by atoms with Crippen LogP contribution in [0, 0.1) is 0 Å². The Kier molecular flexibility index (Phi) is 3.72. The van der Waals surface area contributed by atoms with Crippen LogP contribution in [-0.2, 0) is 12.8 Å². The number of carboxylic acid groups (broad SMARTS) is 1. The van der Waals surface area contributed by atoms with Gasteiger partial charge in [0, 0.05) is 7.05 Å². The lowest BCUT2D eigenvalue weighted by atomic mass is 9.97. The van der Waals surface area contributed by atoms with Crippen LogP contribution < -0.4 is 5.32 Å². The molecule has 82 valence electrons. The van der Waals surface area contributed by atoms with Gasteiger partial charge in [-0.2, -0.15) is 0 Å². The van der Waals surface area contributed by atoms with Crippen molar-refractivity contribution < 1.29 is 9.90 Å². The van der Waals surface area contributed by atoms with Gasteiger partial charge in [-0.05, 0) is 30.0 Å². The maximum absolute atomic E-state index is 11.0. The first-order valence-electron chi connectivity index (χ1n) is 5.21. The smallest absolute Gasteiger partial charge is 0.337 e. The minimum absolute atomic E-state index is 0.353. The van der Waals surface area contributed by atoms with Crippen LogP contribution in [0.2, 0.25) is 0 Å². The van der Waals surface area contributed by atoms with E-state index in [1.807, 2.05) is 13.0 Å². The van der Waals surface area contributed by atoms with E-state index < -0.39 is 5.97 Å². The molecular formula is C12H17NO2. The number of carbonyl (C=O) groups is 1. The molecule has 15 heavy (non-hydrogen) atoms. The molecule has 3 heteroatoms. The average Bonchev–Trinajstić information content (AvgIpc) is 2.26. The van der Waals surface area contributed by atoms with Crippen LogP contribution in [0.25, 0.3) is 0 Å². The molecule has 1 rings (SSSR count). The van der Waals surface area contributed by atoms with Crippen molar-refractivity contribution >= 4 is 11.7 Å². The topological polar surface area (TPSA) is 49.3 Å². The van der Waals surface area contributed by atoms with E-state index in [0.717, 1.165) is 24.1 Å². The summed E-state index contributed by atoms with van der Waals surface area (Å²) in [6.45, 7) is 4.12. The third kappa shape index (κ3) is 2.12. The zero-order valence-electron chi connectivity index (χ0n) is 9.42. The van der Waals surface area contributed by atoms with Gasteiger partial charge in [-0.1, -0.05) is 19.9 Å². The Labute approximate surface area is 90.1 Å². The van der Waals surface area contributed by atoms with Gasteiger partial charge in [0.15, 0.2) is 0 Å². The predicted molar refractivity (Wildman–Crippen MR) is 61.7 cm³/mol. The van der Waals surface area contributed by atoms with Gasteiger partial charge < -0.3 is 10.4 Å². The molecule has 0 aliphatic heterocycles. The van der Waals surface area contributed by atoms with E-state index in [4.69, 9.17) is 5.11 Å². The summed E-state index contributed by atoms with van der Waals surface area (Å²) in [7, 11) is 1.76. The summed E-state index contributed by atoms with van der Waals surface area (Å²) in [5.41, 5.74) is 3.43. The van der Waals surface area contributed by atoms with Crippen LogP contribution in [0.3, 0.4) is 0 Å². The van der Waals surface area contributed by atoms with Gasteiger partial charge in [0.25, 0.3) is 0 Å². The second kappa shape index (κ2) is 4.82. The standard InChI is InChI=1S/C12H17NO2/c1-4-8-6-7-10(12(14)15)11(13-3)9(8)5-2/h6-7,13H,4-5H2,1-3H3,(H,14,15). The lowest BCUT2D eigenvalue weighted by molar-refractivity contribution is 0.0698. The van der Waals surface area contributed by atoms with Gasteiger partial charge in [-0.3, -0.25) is 0 Å². The van der Waals surface area contributed by atoms with E-state index in [2.05, 4.69) is 12.2 Å². The summed E-state index contributed by atoms with van der Waals surface area (Å²) in [6.07, 6.45) is 1.78. The number of aryl methyl sites for hydroxylation is 1. The van der Waals surface area contributed by atoms with Crippen LogP contribution in [0.1, 0.15) is 35.3 Å². The molecule has 0 radical (unpaired) electrons. The molecular weight excluding hydrogens is 190 g/mol. The SMILES string of the molecule is CCc1ccc(C(=O)O)c(NC)c1CC. The number of carboxylic acids is 1. The van der Waals surface area contributed by atoms with Crippen molar-refractivity contribution in [3.63, 3.8) is 0 Å². The lowest BCUT2D eigenvalue weighted by Gasteiger charge is -2.14. The highest BCUT2D eigenvalue weighted by Gasteiger charge is 2.14. The monoisotopic (exact) mass is 207 g/mol. The summed E-state index contributed by atoms with van der Waals surface area (Å²) < 4.78 is 0. The Hall–Kier alpha value is -1.51. The van der Waals surface area contributed by atoms with Crippen LogP contribution in [0.5, 0.6) is 0 Å². The van der Waals surface area contributed by atoms with Crippen LogP contribution in [0.4, 0.5) is 5.69 Å². The molecule has 0 amide bonds. The largest absolute Gasteiger partial charge is 0.478 e. The van der Waals surface area contributed by atoms with Crippen LogP contribution in [-0.4, -0.2) is 18.1 Å². The van der Waals surface area contributed by atoms with E-state index in [1.165, 1.54) is 5.56 Å². The molecule has 0 aliphatic carbocycles. The third-order valence-corrected chi connectivity index (χ3v) is 2.62. The molecule has 0 fully saturated rings.